The van der Waals surface area contributed by atoms with Crippen molar-refractivity contribution in [1.82, 2.24) is 19.5 Å². The molecule has 2 aromatic rings. The maximum absolute atomic E-state index is 5.92. The van der Waals surface area contributed by atoms with Crippen molar-refractivity contribution >= 4 is 11.6 Å². The molecule has 1 fully saturated rings. The van der Waals surface area contributed by atoms with E-state index in [9.17, 15) is 0 Å². The van der Waals surface area contributed by atoms with E-state index in [-0.39, 0.29) is 10.7 Å². The van der Waals surface area contributed by atoms with Crippen molar-refractivity contribution in [2.75, 3.05) is 13.2 Å². The number of imidazole rings is 1. The molecule has 5 nitrogen and oxygen atoms in total. The second-order valence-corrected chi connectivity index (χ2v) is 7.46. The lowest BCUT2D eigenvalue weighted by atomic mass is 9.94. The Balaban J connectivity index is 1.93. The molecular formula is C17H23ClN4O. The summed E-state index contributed by atoms with van der Waals surface area (Å²) >= 11 is 5.92. The second-order valence-electron chi connectivity index (χ2n) is 7.12. The fraction of sp³-hybridized carbons (Fsp3) is 0.588. The summed E-state index contributed by atoms with van der Waals surface area (Å²) in [6, 6.07) is 1.85. The average Bonchev–Trinajstić information content (AvgIpc) is 2.92. The van der Waals surface area contributed by atoms with Gasteiger partial charge in [0.05, 0.1) is 5.69 Å². The zero-order valence-electron chi connectivity index (χ0n) is 13.9. The molecule has 1 aliphatic rings. The predicted octanol–water partition coefficient (Wildman–Crippen LogP) is 3.72. The van der Waals surface area contributed by atoms with Crippen molar-refractivity contribution in [3.63, 3.8) is 0 Å². The fourth-order valence-electron chi connectivity index (χ4n) is 2.96. The minimum atomic E-state index is -0.0275. The second kappa shape index (κ2) is 6.57. The summed E-state index contributed by atoms with van der Waals surface area (Å²) in [5, 5.41) is 0.249. The number of rotatable bonds is 3. The number of hydrogen-bond donors (Lipinski definition) is 0. The van der Waals surface area contributed by atoms with Gasteiger partial charge in [0.25, 0.3) is 0 Å². The number of hydrogen-bond acceptors (Lipinski definition) is 4. The molecule has 1 saturated heterocycles. The van der Waals surface area contributed by atoms with Gasteiger partial charge in [-0.25, -0.2) is 15.0 Å². The van der Waals surface area contributed by atoms with E-state index in [1.165, 1.54) is 0 Å². The van der Waals surface area contributed by atoms with Crippen molar-refractivity contribution in [3.8, 4) is 11.4 Å². The standard InChI is InChI=1S/C17H23ClN4O/c1-17(2,3)15-20-14(13-4-7-19-16(18)21-13)11-22(15)10-12-5-8-23-9-6-12/h4,7,11-12H,5-6,8-10H2,1-3H3. The molecule has 2 aromatic heterocycles. The van der Waals surface area contributed by atoms with Gasteiger partial charge < -0.3 is 9.30 Å². The SMILES string of the molecule is CC(C)(C)c1nc(-c2ccnc(Cl)n2)cn1CC1CCOCC1. The fourth-order valence-corrected chi connectivity index (χ4v) is 3.11. The first kappa shape index (κ1) is 16.4. The van der Waals surface area contributed by atoms with E-state index in [0.29, 0.717) is 5.92 Å². The highest BCUT2D eigenvalue weighted by atomic mass is 35.5. The normalized spacial score (nSPS) is 16.7. The van der Waals surface area contributed by atoms with Gasteiger partial charge in [-0.3, -0.25) is 0 Å². The molecule has 3 heterocycles. The summed E-state index contributed by atoms with van der Waals surface area (Å²) in [6.45, 7) is 9.25. The van der Waals surface area contributed by atoms with E-state index >= 15 is 0 Å². The molecule has 0 bridgehead atoms. The summed E-state index contributed by atoms with van der Waals surface area (Å²) in [6.07, 6.45) is 5.97. The van der Waals surface area contributed by atoms with E-state index < -0.39 is 0 Å². The van der Waals surface area contributed by atoms with Crippen LogP contribution in [0.5, 0.6) is 0 Å². The molecule has 0 saturated carbocycles. The van der Waals surface area contributed by atoms with Gasteiger partial charge in [0, 0.05) is 37.6 Å². The van der Waals surface area contributed by atoms with Crippen LogP contribution in [0.4, 0.5) is 0 Å². The number of aromatic nitrogens is 4. The van der Waals surface area contributed by atoms with Gasteiger partial charge in [-0.05, 0) is 36.4 Å². The molecule has 0 unspecified atom stereocenters. The van der Waals surface area contributed by atoms with Crippen molar-refractivity contribution < 1.29 is 4.74 Å². The smallest absolute Gasteiger partial charge is 0.222 e. The Labute approximate surface area is 142 Å². The first-order valence-electron chi connectivity index (χ1n) is 8.08. The minimum Gasteiger partial charge on any atom is -0.381 e. The molecule has 6 heteroatoms. The van der Waals surface area contributed by atoms with Crippen LogP contribution in [-0.2, 0) is 16.7 Å². The number of halogens is 1. The largest absolute Gasteiger partial charge is 0.381 e. The van der Waals surface area contributed by atoms with E-state index in [1.54, 1.807) is 6.20 Å². The van der Waals surface area contributed by atoms with Crippen molar-refractivity contribution in [3.05, 3.63) is 29.6 Å². The summed E-state index contributed by atoms with van der Waals surface area (Å²) in [4.78, 5) is 13.1. The van der Waals surface area contributed by atoms with Gasteiger partial charge in [0.15, 0.2) is 0 Å². The maximum atomic E-state index is 5.92. The molecule has 0 amide bonds. The lowest BCUT2D eigenvalue weighted by Gasteiger charge is -2.25. The van der Waals surface area contributed by atoms with Crippen LogP contribution in [0.2, 0.25) is 5.28 Å². The first-order valence-corrected chi connectivity index (χ1v) is 8.45. The summed E-state index contributed by atoms with van der Waals surface area (Å²) in [5.74, 6) is 1.72. The maximum Gasteiger partial charge on any atom is 0.222 e. The molecule has 0 aromatic carbocycles. The van der Waals surface area contributed by atoms with Gasteiger partial charge in [-0.15, -0.1) is 0 Å². The summed E-state index contributed by atoms with van der Waals surface area (Å²) in [7, 11) is 0. The monoisotopic (exact) mass is 334 g/mol. The van der Waals surface area contributed by atoms with Gasteiger partial charge in [0.1, 0.15) is 11.5 Å². The minimum absolute atomic E-state index is 0.0275. The van der Waals surface area contributed by atoms with Crippen molar-refractivity contribution in [2.24, 2.45) is 5.92 Å². The Bertz CT molecular complexity index is 671. The highest BCUT2D eigenvalue weighted by molar-refractivity contribution is 6.28. The van der Waals surface area contributed by atoms with Crippen LogP contribution >= 0.6 is 11.6 Å². The zero-order chi connectivity index (χ0) is 16.4. The quantitative estimate of drug-likeness (QED) is 0.803. The van der Waals surface area contributed by atoms with E-state index in [4.69, 9.17) is 21.3 Å². The van der Waals surface area contributed by atoms with Crippen LogP contribution in [0, 0.1) is 5.92 Å². The molecule has 0 spiro atoms. The van der Waals surface area contributed by atoms with Crippen LogP contribution in [0.15, 0.2) is 18.5 Å². The molecule has 1 aliphatic heterocycles. The Morgan fingerprint density at radius 1 is 1.22 bits per heavy atom. The third-order valence-corrected chi connectivity index (χ3v) is 4.31. The molecular weight excluding hydrogens is 312 g/mol. The molecule has 3 rings (SSSR count). The van der Waals surface area contributed by atoms with Crippen LogP contribution in [-0.4, -0.2) is 32.7 Å². The Hall–Kier alpha value is -1.46. The van der Waals surface area contributed by atoms with Crippen LogP contribution in [0.1, 0.15) is 39.4 Å². The van der Waals surface area contributed by atoms with Crippen LogP contribution < -0.4 is 0 Å². The lowest BCUT2D eigenvalue weighted by molar-refractivity contribution is 0.0608. The molecule has 124 valence electrons. The van der Waals surface area contributed by atoms with E-state index in [0.717, 1.165) is 49.8 Å². The van der Waals surface area contributed by atoms with Gasteiger partial charge in [-0.1, -0.05) is 20.8 Å². The molecule has 23 heavy (non-hydrogen) atoms. The van der Waals surface area contributed by atoms with Gasteiger partial charge >= 0.3 is 0 Å². The van der Waals surface area contributed by atoms with Gasteiger partial charge in [0.2, 0.25) is 5.28 Å². The van der Waals surface area contributed by atoms with Crippen LogP contribution in [0.25, 0.3) is 11.4 Å². The Morgan fingerprint density at radius 3 is 2.61 bits per heavy atom. The number of ether oxygens (including phenoxy) is 1. The van der Waals surface area contributed by atoms with E-state index in [1.807, 2.05) is 6.07 Å². The van der Waals surface area contributed by atoms with Gasteiger partial charge in [-0.2, -0.15) is 0 Å². The van der Waals surface area contributed by atoms with Crippen molar-refractivity contribution in [1.29, 1.82) is 0 Å². The predicted molar refractivity (Wildman–Crippen MR) is 90.5 cm³/mol. The van der Waals surface area contributed by atoms with Crippen molar-refractivity contribution in [2.45, 2.75) is 45.6 Å². The summed E-state index contributed by atoms with van der Waals surface area (Å²) in [5.41, 5.74) is 1.59. The highest BCUT2D eigenvalue weighted by Crippen LogP contribution is 2.28. The van der Waals surface area contributed by atoms with E-state index in [2.05, 4.69) is 41.5 Å². The zero-order valence-corrected chi connectivity index (χ0v) is 14.7. The molecule has 0 radical (unpaired) electrons. The Morgan fingerprint density at radius 2 is 1.96 bits per heavy atom. The molecule has 0 N–H and O–H groups in total. The summed E-state index contributed by atoms with van der Waals surface area (Å²) < 4.78 is 7.75. The van der Waals surface area contributed by atoms with Crippen LogP contribution in [0.3, 0.4) is 0 Å². The number of nitrogens with zero attached hydrogens (tertiary/aromatic N) is 4. The molecule has 0 aliphatic carbocycles. The first-order chi connectivity index (χ1) is 10.9. The molecule has 0 atom stereocenters. The topological polar surface area (TPSA) is 52.8 Å². The highest BCUT2D eigenvalue weighted by Gasteiger charge is 2.24. The average molecular weight is 335 g/mol. The Kier molecular flexibility index (Phi) is 4.69. The third kappa shape index (κ3) is 3.90. The lowest BCUT2D eigenvalue weighted by Crippen LogP contribution is -2.24. The third-order valence-electron chi connectivity index (χ3n) is 4.13.